The Morgan fingerprint density at radius 1 is 1.32 bits per heavy atom. The van der Waals surface area contributed by atoms with Gasteiger partial charge in [0.25, 0.3) is 0 Å². The first kappa shape index (κ1) is 16.4. The van der Waals surface area contributed by atoms with Gasteiger partial charge < -0.3 is 5.11 Å². The molecule has 0 heterocycles. The Balaban J connectivity index is 2.56. The van der Waals surface area contributed by atoms with E-state index in [1.54, 1.807) is 18.2 Å². The summed E-state index contributed by atoms with van der Waals surface area (Å²) in [5, 5.41) is 9.33. The summed E-state index contributed by atoms with van der Waals surface area (Å²) in [6.45, 7) is 4.30. The molecule has 1 rings (SSSR count). The molecule has 19 heavy (non-hydrogen) atoms. The van der Waals surface area contributed by atoms with Crippen LogP contribution in [0, 0.1) is 5.41 Å². The molecular weight excluding hydrogens is 286 g/mol. The van der Waals surface area contributed by atoms with Crippen LogP contribution < -0.4 is 4.72 Å². The SMILES string of the molecule is CC(C)(CO)CCCNS(=O)(=O)c1ccccc1Cl. The monoisotopic (exact) mass is 305 g/mol. The molecule has 0 unspecified atom stereocenters. The van der Waals surface area contributed by atoms with Crippen LogP contribution in [0.25, 0.3) is 0 Å². The van der Waals surface area contributed by atoms with Crippen molar-refractivity contribution in [1.29, 1.82) is 0 Å². The average molecular weight is 306 g/mol. The van der Waals surface area contributed by atoms with Crippen molar-refractivity contribution >= 4 is 21.6 Å². The van der Waals surface area contributed by atoms with Crippen molar-refractivity contribution in [1.82, 2.24) is 4.72 Å². The molecule has 0 fully saturated rings. The zero-order valence-corrected chi connectivity index (χ0v) is 12.8. The molecule has 0 spiro atoms. The molecule has 0 aliphatic carbocycles. The van der Waals surface area contributed by atoms with E-state index in [-0.39, 0.29) is 21.9 Å². The maximum atomic E-state index is 12.0. The standard InChI is InChI=1S/C13H20ClNO3S/c1-13(2,10-16)8-5-9-15-19(17,18)12-7-4-3-6-11(12)14/h3-4,6-7,15-16H,5,8-10H2,1-2H3. The molecular formula is C13H20ClNO3S. The van der Waals surface area contributed by atoms with Gasteiger partial charge in [0.05, 0.1) is 5.02 Å². The molecule has 0 saturated heterocycles. The second-order valence-corrected chi connectivity index (χ2v) is 7.40. The van der Waals surface area contributed by atoms with E-state index < -0.39 is 10.0 Å². The van der Waals surface area contributed by atoms with Gasteiger partial charge in [0.15, 0.2) is 0 Å². The number of aliphatic hydroxyl groups excluding tert-OH is 1. The highest BCUT2D eigenvalue weighted by molar-refractivity contribution is 7.89. The molecule has 0 saturated carbocycles. The molecule has 108 valence electrons. The van der Waals surface area contributed by atoms with Crippen molar-refractivity contribution < 1.29 is 13.5 Å². The van der Waals surface area contributed by atoms with Crippen LogP contribution in [-0.4, -0.2) is 26.7 Å². The number of halogens is 1. The van der Waals surface area contributed by atoms with Crippen LogP contribution in [0.15, 0.2) is 29.2 Å². The van der Waals surface area contributed by atoms with E-state index in [1.165, 1.54) is 6.07 Å². The van der Waals surface area contributed by atoms with E-state index in [4.69, 9.17) is 16.7 Å². The third-order valence-corrected chi connectivity index (χ3v) is 4.84. The number of hydrogen-bond donors (Lipinski definition) is 2. The van der Waals surface area contributed by atoms with Gasteiger partial charge in [0.1, 0.15) is 4.90 Å². The molecule has 0 atom stereocenters. The van der Waals surface area contributed by atoms with Gasteiger partial charge in [0.2, 0.25) is 10.0 Å². The number of aliphatic hydroxyl groups is 1. The number of nitrogens with one attached hydrogen (secondary N) is 1. The number of rotatable bonds is 7. The summed E-state index contributed by atoms with van der Waals surface area (Å²) in [6, 6.07) is 6.34. The van der Waals surface area contributed by atoms with Crippen molar-refractivity contribution in [3.8, 4) is 0 Å². The van der Waals surface area contributed by atoms with Crippen LogP contribution in [0.4, 0.5) is 0 Å². The highest BCUT2D eigenvalue weighted by Gasteiger charge is 2.19. The summed E-state index contributed by atoms with van der Waals surface area (Å²) >= 11 is 5.86. The first-order chi connectivity index (χ1) is 8.78. The van der Waals surface area contributed by atoms with Crippen LogP contribution in [0.2, 0.25) is 5.02 Å². The Hall–Kier alpha value is -0.620. The molecule has 4 nitrogen and oxygen atoms in total. The molecule has 0 amide bonds. The van der Waals surface area contributed by atoms with Crippen molar-refractivity contribution in [2.75, 3.05) is 13.2 Å². The zero-order chi connectivity index (χ0) is 14.5. The zero-order valence-electron chi connectivity index (χ0n) is 11.2. The van der Waals surface area contributed by atoms with E-state index in [9.17, 15) is 8.42 Å². The first-order valence-electron chi connectivity index (χ1n) is 6.13. The minimum Gasteiger partial charge on any atom is -0.396 e. The van der Waals surface area contributed by atoms with E-state index in [1.807, 2.05) is 13.8 Å². The highest BCUT2D eigenvalue weighted by Crippen LogP contribution is 2.22. The summed E-state index contributed by atoms with van der Waals surface area (Å²) in [6.07, 6.45) is 1.41. The fourth-order valence-electron chi connectivity index (χ4n) is 1.59. The summed E-state index contributed by atoms with van der Waals surface area (Å²) in [7, 11) is -3.56. The predicted molar refractivity (Wildman–Crippen MR) is 76.7 cm³/mol. The van der Waals surface area contributed by atoms with Crippen molar-refractivity contribution in [3.05, 3.63) is 29.3 Å². The lowest BCUT2D eigenvalue weighted by Gasteiger charge is -2.21. The lowest BCUT2D eigenvalue weighted by atomic mass is 9.89. The summed E-state index contributed by atoms with van der Waals surface area (Å²) in [5.74, 6) is 0. The van der Waals surface area contributed by atoms with Gasteiger partial charge in [-0.05, 0) is 30.4 Å². The van der Waals surface area contributed by atoms with Crippen LogP contribution in [0.3, 0.4) is 0 Å². The van der Waals surface area contributed by atoms with Gasteiger partial charge in [-0.1, -0.05) is 37.6 Å². The summed E-state index contributed by atoms with van der Waals surface area (Å²) in [5.41, 5.74) is -0.185. The third kappa shape index (κ3) is 5.10. The lowest BCUT2D eigenvalue weighted by molar-refractivity contribution is 0.148. The van der Waals surface area contributed by atoms with E-state index >= 15 is 0 Å². The van der Waals surface area contributed by atoms with Crippen LogP contribution in [-0.2, 0) is 10.0 Å². The fraction of sp³-hybridized carbons (Fsp3) is 0.538. The lowest BCUT2D eigenvalue weighted by Crippen LogP contribution is -2.26. The minimum absolute atomic E-state index is 0.0876. The van der Waals surface area contributed by atoms with Gasteiger partial charge in [-0.2, -0.15) is 0 Å². The van der Waals surface area contributed by atoms with Crippen molar-refractivity contribution in [2.24, 2.45) is 5.41 Å². The number of sulfonamides is 1. The van der Waals surface area contributed by atoms with E-state index in [0.717, 1.165) is 6.42 Å². The molecule has 0 aliphatic heterocycles. The quantitative estimate of drug-likeness (QED) is 0.760. The van der Waals surface area contributed by atoms with Gasteiger partial charge in [0, 0.05) is 13.2 Å². The Bertz CT molecular complexity index is 514. The molecule has 0 aromatic heterocycles. The Kier molecular flexibility index (Phi) is 5.80. The Morgan fingerprint density at radius 3 is 2.53 bits per heavy atom. The second kappa shape index (κ2) is 6.70. The molecule has 1 aromatic rings. The van der Waals surface area contributed by atoms with E-state index in [0.29, 0.717) is 13.0 Å². The average Bonchev–Trinajstić information content (AvgIpc) is 2.35. The van der Waals surface area contributed by atoms with Gasteiger partial charge in [-0.25, -0.2) is 13.1 Å². The topological polar surface area (TPSA) is 66.4 Å². The smallest absolute Gasteiger partial charge is 0.242 e. The van der Waals surface area contributed by atoms with Gasteiger partial charge >= 0.3 is 0 Å². The Morgan fingerprint density at radius 2 is 1.95 bits per heavy atom. The summed E-state index contributed by atoms with van der Waals surface area (Å²) < 4.78 is 26.5. The molecule has 6 heteroatoms. The maximum Gasteiger partial charge on any atom is 0.242 e. The van der Waals surface area contributed by atoms with E-state index in [2.05, 4.69) is 4.72 Å². The minimum atomic E-state index is -3.56. The first-order valence-corrected chi connectivity index (χ1v) is 8.00. The van der Waals surface area contributed by atoms with Crippen LogP contribution in [0.1, 0.15) is 26.7 Å². The molecule has 0 bridgehead atoms. The molecule has 1 aromatic carbocycles. The molecule has 0 aliphatic rings. The molecule has 2 N–H and O–H groups in total. The number of hydrogen-bond acceptors (Lipinski definition) is 3. The predicted octanol–water partition coefficient (Wildman–Crippen LogP) is 2.42. The second-order valence-electron chi connectivity index (χ2n) is 5.25. The Labute approximate surface area is 119 Å². The van der Waals surface area contributed by atoms with Gasteiger partial charge in [-0.3, -0.25) is 0 Å². The van der Waals surface area contributed by atoms with Gasteiger partial charge in [-0.15, -0.1) is 0 Å². The largest absolute Gasteiger partial charge is 0.396 e. The summed E-state index contributed by atoms with van der Waals surface area (Å²) in [4.78, 5) is 0.0954. The molecule has 0 radical (unpaired) electrons. The highest BCUT2D eigenvalue weighted by atomic mass is 35.5. The number of benzene rings is 1. The van der Waals surface area contributed by atoms with Crippen LogP contribution >= 0.6 is 11.6 Å². The van der Waals surface area contributed by atoms with Crippen molar-refractivity contribution in [3.63, 3.8) is 0 Å². The third-order valence-electron chi connectivity index (χ3n) is 2.88. The fourth-order valence-corrected chi connectivity index (χ4v) is 3.18. The normalized spacial score (nSPS) is 12.6. The maximum absolute atomic E-state index is 12.0. The van der Waals surface area contributed by atoms with Crippen molar-refractivity contribution in [2.45, 2.75) is 31.6 Å². The van der Waals surface area contributed by atoms with Crippen LogP contribution in [0.5, 0.6) is 0 Å².